The van der Waals surface area contributed by atoms with Gasteiger partial charge < -0.3 is 5.32 Å². The van der Waals surface area contributed by atoms with Crippen LogP contribution in [0.15, 0.2) is 18.2 Å². The van der Waals surface area contributed by atoms with Crippen molar-refractivity contribution >= 4 is 46.3 Å². The molecule has 17 heavy (non-hydrogen) atoms. The normalized spacial score (nSPS) is 10.4. The van der Waals surface area contributed by atoms with Crippen LogP contribution in [0, 0.1) is 6.92 Å². The molecule has 0 saturated carbocycles. The number of nitrogens with zero attached hydrogens (tertiary/aromatic N) is 3. The number of rotatable bonds is 2. The van der Waals surface area contributed by atoms with E-state index in [4.69, 9.17) is 34.8 Å². The van der Waals surface area contributed by atoms with Gasteiger partial charge in [-0.1, -0.05) is 29.3 Å². The van der Waals surface area contributed by atoms with Gasteiger partial charge in [0.15, 0.2) is 11.0 Å². The fourth-order valence-electron chi connectivity index (χ4n) is 1.22. The van der Waals surface area contributed by atoms with E-state index in [1.807, 2.05) is 25.1 Å². The van der Waals surface area contributed by atoms with E-state index in [2.05, 4.69) is 20.5 Å². The van der Waals surface area contributed by atoms with Crippen molar-refractivity contribution in [1.82, 2.24) is 15.2 Å². The van der Waals surface area contributed by atoms with Crippen LogP contribution in [-0.4, -0.2) is 15.2 Å². The van der Waals surface area contributed by atoms with E-state index in [-0.39, 0.29) is 10.4 Å². The first-order valence-electron chi connectivity index (χ1n) is 4.65. The second kappa shape index (κ2) is 5.04. The predicted octanol–water partition coefficient (Wildman–Crippen LogP) is 3.88. The molecule has 0 fully saturated rings. The monoisotopic (exact) mass is 288 g/mol. The number of nitrogens with one attached hydrogen (secondary N) is 1. The molecule has 2 aromatic rings. The van der Waals surface area contributed by atoms with Crippen LogP contribution in [0.25, 0.3) is 0 Å². The summed E-state index contributed by atoms with van der Waals surface area (Å²) in [6.07, 6.45) is 0. The van der Waals surface area contributed by atoms with Crippen LogP contribution in [0.2, 0.25) is 15.5 Å². The molecule has 7 heteroatoms. The lowest BCUT2D eigenvalue weighted by Crippen LogP contribution is -1.99. The Balaban J connectivity index is 2.34. The third-order valence-corrected chi connectivity index (χ3v) is 2.72. The van der Waals surface area contributed by atoms with Gasteiger partial charge in [-0.05, 0) is 36.2 Å². The Labute approximate surface area is 113 Å². The third-order valence-electron chi connectivity index (χ3n) is 2.00. The average Bonchev–Trinajstić information content (AvgIpc) is 2.27. The summed E-state index contributed by atoms with van der Waals surface area (Å²) in [4.78, 5) is 3.92. The summed E-state index contributed by atoms with van der Waals surface area (Å²) < 4.78 is 0. The maximum Gasteiger partial charge on any atom is 0.245 e. The highest BCUT2D eigenvalue weighted by molar-refractivity contribution is 6.34. The maximum absolute atomic E-state index is 6.07. The summed E-state index contributed by atoms with van der Waals surface area (Å²) in [5.41, 5.74) is 1.74. The molecule has 0 unspecified atom stereocenters. The predicted molar refractivity (Wildman–Crippen MR) is 69.3 cm³/mol. The SMILES string of the molecule is Cc1ccc(Nc2nc(Cl)nnc2Cl)c(Cl)c1. The molecule has 2 rings (SSSR count). The second-order valence-corrected chi connectivity index (χ2v) is 4.43. The lowest BCUT2D eigenvalue weighted by Gasteiger charge is -2.08. The van der Waals surface area contributed by atoms with E-state index >= 15 is 0 Å². The van der Waals surface area contributed by atoms with Crippen LogP contribution in [0.4, 0.5) is 11.5 Å². The summed E-state index contributed by atoms with van der Waals surface area (Å²) >= 11 is 17.5. The lowest BCUT2D eigenvalue weighted by atomic mass is 10.2. The molecule has 0 aliphatic rings. The zero-order valence-corrected chi connectivity index (χ0v) is 11.0. The molecule has 1 N–H and O–H groups in total. The summed E-state index contributed by atoms with van der Waals surface area (Å²) in [6.45, 7) is 1.95. The summed E-state index contributed by atoms with van der Waals surface area (Å²) in [6, 6.07) is 5.57. The smallest absolute Gasteiger partial charge is 0.245 e. The summed E-state index contributed by atoms with van der Waals surface area (Å²) in [5.74, 6) is 0.317. The van der Waals surface area contributed by atoms with Crippen molar-refractivity contribution in [3.63, 3.8) is 0 Å². The molecule has 4 nitrogen and oxygen atoms in total. The molecule has 0 aliphatic carbocycles. The summed E-state index contributed by atoms with van der Waals surface area (Å²) in [7, 11) is 0. The van der Waals surface area contributed by atoms with E-state index < -0.39 is 0 Å². The van der Waals surface area contributed by atoms with Crippen LogP contribution in [-0.2, 0) is 0 Å². The quantitative estimate of drug-likeness (QED) is 0.911. The van der Waals surface area contributed by atoms with E-state index in [0.29, 0.717) is 16.5 Å². The molecular formula is C10H7Cl3N4. The first-order chi connectivity index (χ1) is 8.06. The van der Waals surface area contributed by atoms with Crippen molar-refractivity contribution in [3.8, 4) is 0 Å². The van der Waals surface area contributed by atoms with Gasteiger partial charge >= 0.3 is 0 Å². The highest BCUT2D eigenvalue weighted by atomic mass is 35.5. The van der Waals surface area contributed by atoms with Crippen LogP contribution >= 0.6 is 34.8 Å². The molecule has 1 heterocycles. The van der Waals surface area contributed by atoms with E-state index in [0.717, 1.165) is 5.56 Å². The minimum atomic E-state index is 0.0140. The van der Waals surface area contributed by atoms with Crippen LogP contribution < -0.4 is 5.32 Å². The van der Waals surface area contributed by atoms with Crippen LogP contribution in [0.3, 0.4) is 0 Å². The number of benzene rings is 1. The molecule has 0 radical (unpaired) electrons. The van der Waals surface area contributed by atoms with Gasteiger partial charge in [0, 0.05) is 0 Å². The van der Waals surface area contributed by atoms with Crippen LogP contribution in [0.1, 0.15) is 5.56 Å². The Kier molecular flexibility index (Phi) is 3.66. The molecule has 1 aromatic carbocycles. The van der Waals surface area contributed by atoms with E-state index in [1.54, 1.807) is 0 Å². The fraction of sp³-hybridized carbons (Fsp3) is 0.100. The number of aryl methyl sites for hydroxylation is 1. The Morgan fingerprint density at radius 2 is 1.88 bits per heavy atom. The number of halogens is 3. The van der Waals surface area contributed by atoms with Gasteiger partial charge in [0.2, 0.25) is 5.28 Å². The van der Waals surface area contributed by atoms with E-state index in [9.17, 15) is 0 Å². The van der Waals surface area contributed by atoms with Gasteiger partial charge in [0.05, 0.1) is 10.7 Å². The van der Waals surface area contributed by atoms with Gasteiger partial charge in [-0.15, -0.1) is 10.2 Å². The topological polar surface area (TPSA) is 50.7 Å². The number of hydrogen-bond donors (Lipinski definition) is 1. The minimum absolute atomic E-state index is 0.0140. The average molecular weight is 290 g/mol. The Hall–Kier alpha value is -1.10. The van der Waals surface area contributed by atoms with E-state index in [1.165, 1.54) is 0 Å². The highest BCUT2D eigenvalue weighted by Gasteiger charge is 2.08. The van der Waals surface area contributed by atoms with Crippen molar-refractivity contribution in [2.75, 3.05) is 5.32 Å². The van der Waals surface area contributed by atoms with Crippen molar-refractivity contribution < 1.29 is 0 Å². The molecule has 88 valence electrons. The van der Waals surface area contributed by atoms with Crippen molar-refractivity contribution in [2.24, 2.45) is 0 Å². The molecule has 1 aromatic heterocycles. The lowest BCUT2D eigenvalue weighted by molar-refractivity contribution is 0.975. The zero-order valence-electron chi connectivity index (χ0n) is 8.71. The van der Waals surface area contributed by atoms with Gasteiger partial charge in [-0.3, -0.25) is 0 Å². The zero-order chi connectivity index (χ0) is 12.4. The molecule has 0 amide bonds. The molecule has 0 bridgehead atoms. The molecule has 0 saturated heterocycles. The number of hydrogen-bond acceptors (Lipinski definition) is 4. The first-order valence-corrected chi connectivity index (χ1v) is 5.78. The standard InChI is InChI=1S/C10H7Cl3N4/c1-5-2-3-7(6(11)4-5)14-9-8(12)16-17-10(13)15-9/h2-4H,1H3,(H,14,15,17). The second-order valence-electron chi connectivity index (χ2n) is 3.33. The van der Waals surface area contributed by atoms with Gasteiger partial charge in [-0.2, -0.15) is 4.98 Å². The molecule has 0 aliphatic heterocycles. The first kappa shape index (κ1) is 12.4. The third kappa shape index (κ3) is 2.97. The van der Waals surface area contributed by atoms with Crippen molar-refractivity contribution in [1.29, 1.82) is 0 Å². The summed E-state index contributed by atoms with van der Waals surface area (Å²) in [5, 5.41) is 10.8. The maximum atomic E-state index is 6.07. The largest absolute Gasteiger partial charge is 0.336 e. The van der Waals surface area contributed by atoms with Gasteiger partial charge in [-0.25, -0.2) is 0 Å². The Bertz CT molecular complexity index is 559. The van der Waals surface area contributed by atoms with Crippen LogP contribution in [0.5, 0.6) is 0 Å². The van der Waals surface area contributed by atoms with Crippen molar-refractivity contribution in [2.45, 2.75) is 6.92 Å². The highest BCUT2D eigenvalue weighted by Crippen LogP contribution is 2.28. The Morgan fingerprint density at radius 1 is 1.12 bits per heavy atom. The molecule has 0 atom stereocenters. The van der Waals surface area contributed by atoms with Gasteiger partial charge in [0.1, 0.15) is 0 Å². The fourth-order valence-corrected chi connectivity index (χ4v) is 1.75. The Morgan fingerprint density at radius 3 is 2.59 bits per heavy atom. The number of anilines is 2. The molecule has 0 spiro atoms. The minimum Gasteiger partial charge on any atom is -0.336 e. The number of aromatic nitrogens is 3. The van der Waals surface area contributed by atoms with Crippen molar-refractivity contribution in [3.05, 3.63) is 39.2 Å². The molecular weight excluding hydrogens is 282 g/mol. The van der Waals surface area contributed by atoms with Gasteiger partial charge in [0.25, 0.3) is 0 Å².